The number of hydrogen-bond acceptors (Lipinski definition) is 4. The van der Waals surface area contributed by atoms with Gasteiger partial charge in [0.2, 0.25) is 0 Å². The first-order valence-corrected chi connectivity index (χ1v) is 7.71. The van der Waals surface area contributed by atoms with Gasteiger partial charge in [0.05, 0.1) is 7.11 Å². The Morgan fingerprint density at radius 1 is 1.12 bits per heavy atom. The van der Waals surface area contributed by atoms with Crippen molar-refractivity contribution in [2.75, 3.05) is 12.4 Å². The van der Waals surface area contributed by atoms with Gasteiger partial charge in [-0.05, 0) is 55.8 Å². The van der Waals surface area contributed by atoms with E-state index in [1.165, 1.54) is 7.11 Å². The molecule has 0 aliphatic rings. The lowest BCUT2D eigenvalue weighted by atomic mass is 10.1. The average molecular weight is 348 g/mol. The minimum atomic E-state index is -0.719. The molecular formula is C18H18ClNO4. The molecule has 2 aromatic rings. The van der Waals surface area contributed by atoms with Crippen LogP contribution in [-0.2, 0) is 9.53 Å². The monoisotopic (exact) mass is 347 g/mol. The number of carbonyl (C=O) groups excluding carboxylic acids is 2. The van der Waals surface area contributed by atoms with E-state index in [0.717, 1.165) is 5.56 Å². The third-order valence-corrected chi connectivity index (χ3v) is 3.89. The Balaban J connectivity index is 2.06. The fourth-order valence-corrected chi connectivity index (χ4v) is 2.21. The quantitative estimate of drug-likeness (QED) is 0.834. The average Bonchev–Trinajstić information content (AvgIpc) is 2.58. The van der Waals surface area contributed by atoms with Gasteiger partial charge in [-0.1, -0.05) is 17.7 Å². The Morgan fingerprint density at radius 2 is 1.79 bits per heavy atom. The molecule has 0 saturated carbocycles. The van der Waals surface area contributed by atoms with Crippen LogP contribution in [0.4, 0.5) is 5.69 Å². The van der Waals surface area contributed by atoms with E-state index in [9.17, 15) is 9.59 Å². The fourth-order valence-electron chi connectivity index (χ4n) is 2.04. The van der Waals surface area contributed by atoms with Gasteiger partial charge in [0.15, 0.2) is 6.10 Å². The first-order valence-electron chi connectivity index (χ1n) is 7.33. The normalized spacial score (nSPS) is 11.5. The lowest BCUT2D eigenvalue weighted by Gasteiger charge is -2.13. The number of anilines is 1. The summed E-state index contributed by atoms with van der Waals surface area (Å²) < 4.78 is 10.0. The number of amides is 1. The Labute approximate surface area is 145 Å². The molecule has 6 heteroatoms. The maximum Gasteiger partial charge on any atom is 0.346 e. The van der Waals surface area contributed by atoms with E-state index in [0.29, 0.717) is 22.0 Å². The molecule has 0 spiro atoms. The molecule has 0 heterocycles. The standard InChI is InChI=1S/C18H18ClNO4/c1-11-15(19)5-4-6-16(11)20-17(21)13-7-9-14(10-8-13)24-12(2)18(22)23-3/h4-10,12H,1-3H3,(H,20,21). The molecule has 0 aliphatic carbocycles. The van der Waals surface area contributed by atoms with Crippen LogP contribution in [0.25, 0.3) is 0 Å². The lowest BCUT2D eigenvalue weighted by molar-refractivity contribution is -0.147. The molecule has 0 fully saturated rings. The van der Waals surface area contributed by atoms with Gasteiger partial charge in [-0.2, -0.15) is 0 Å². The molecule has 1 atom stereocenters. The van der Waals surface area contributed by atoms with E-state index in [1.807, 2.05) is 6.92 Å². The van der Waals surface area contributed by atoms with Crippen LogP contribution >= 0.6 is 11.6 Å². The maximum absolute atomic E-state index is 12.3. The number of carbonyl (C=O) groups is 2. The van der Waals surface area contributed by atoms with E-state index in [4.69, 9.17) is 16.3 Å². The largest absolute Gasteiger partial charge is 0.479 e. The van der Waals surface area contributed by atoms with Crippen molar-refractivity contribution in [3.8, 4) is 5.75 Å². The summed E-state index contributed by atoms with van der Waals surface area (Å²) in [5.74, 6) is -0.246. The molecule has 126 valence electrons. The molecular weight excluding hydrogens is 330 g/mol. The molecule has 2 aromatic carbocycles. The maximum atomic E-state index is 12.3. The van der Waals surface area contributed by atoms with Gasteiger partial charge in [-0.15, -0.1) is 0 Å². The van der Waals surface area contributed by atoms with Crippen molar-refractivity contribution in [1.82, 2.24) is 0 Å². The van der Waals surface area contributed by atoms with Crippen LogP contribution in [-0.4, -0.2) is 25.1 Å². The Kier molecular flexibility index (Phi) is 5.82. The molecule has 0 aliphatic heterocycles. The van der Waals surface area contributed by atoms with Crippen molar-refractivity contribution in [3.05, 3.63) is 58.6 Å². The zero-order valence-electron chi connectivity index (χ0n) is 13.6. The molecule has 5 nitrogen and oxygen atoms in total. The smallest absolute Gasteiger partial charge is 0.346 e. The number of rotatable bonds is 5. The summed E-state index contributed by atoms with van der Waals surface area (Å²) in [5, 5.41) is 3.41. The summed E-state index contributed by atoms with van der Waals surface area (Å²) in [6.45, 7) is 3.43. The second kappa shape index (κ2) is 7.84. The van der Waals surface area contributed by atoms with Crippen molar-refractivity contribution in [1.29, 1.82) is 0 Å². The number of esters is 1. The summed E-state index contributed by atoms with van der Waals surface area (Å²) >= 11 is 6.04. The van der Waals surface area contributed by atoms with E-state index in [-0.39, 0.29) is 5.91 Å². The molecule has 1 unspecified atom stereocenters. The Hall–Kier alpha value is -2.53. The number of nitrogens with one attached hydrogen (secondary N) is 1. The predicted octanol–water partition coefficient (Wildman–Crippen LogP) is 3.84. The van der Waals surface area contributed by atoms with Crippen LogP contribution in [0, 0.1) is 6.92 Å². The molecule has 1 N–H and O–H groups in total. The first-order chi connectivity index (χ1) is 11.4. The van der Waals surface area contributed by atoms with E-state index >= 15 is 0 Å². The summed E-state index contributed by atoms with van der Waals surface area (Å²) in [5.41, 5.74) is 1.93. The summed E-state index contributed by atoms with van der Waals surface area (Å²) in [7, 11) is 1.30. The van der Waals surface area contributed by atoms with Crippen LogP contribution in [0.15, 0.2) is 42.5 Å². The van der Waals surface area contributed by atoms with Gasteiger partial charge in [0.1, 0.15) is 5.75 Å². The minimum absolute atomic E-state index is 0.257. The highest BCUT2D eigenvalue weighted by Crippen LogP contribution is 2.23. The number of hydrogen-bond donors (Lipinski definition) is 1. The topological polar surface area (TPSA) is 64.6 Å². The van der Waals surface area contributed by atoms with Crippen molar-refractivity contribution in [3.63, 3.8) is 0 Å². The van der Waals surface area contributed by atoms with E-state index in [2.05, 4.69) is 10.1 Å². The minimum Gasteiger partial charge on any atom is -0.479 e. The molecule has 1 amide bonds. The van der Waals surface area contributed by atoms with Crippen LogP contribution in [0.5, 0.6) is 5.75 Å². The van der Waals surface area contributed by atoms with Crippen LogP contribution in [0.3, 0.4) is 0 Å². The van der Waals surface area contributed by atoms with Gasteiger partial charge in [0.25, 0.3) is 5.91 Å². The van der Waals surface area contributed by atoms with E-state index in [1.54, 1.807) is 49.4 Å². The third-order valence-electron chi connectivity index (χ3n) is 3.48. The number of methoxy groups -OCH3 is 1. The predicted molar refractivity (Wildman–Crippen MR) is 92.7 cm³/mol. The fraction of sp³-hybridized carbons (Fsp3) is 0.222. The second-order valence-corrected chi connectivity index (χ2v) is 5.58. The Morgan fingerprint density at radius 3 is 2.42 bits per heavy atom. The van der Waals surface area contributed by atoms with Gasteiger partial charge >= 0.3 is 5.97 Å². The van der Waals surface area contributed by atoms with Gasteiger partial charge in [-0.3, -0.25) is 4.79 Å². The van der Waals surface area contributed by atoms with Gasteiger partial charge in [-0.25, -0.2) is 4.79 Å². The van der Waals surface area contributed by atoms with Crippen molar-refractivity contribution >= 4 is 29.2 Å². The van der Waals surface area contributed by atoms with Crippen LogP contribution in [0.2, 0.25) is 5.02 Å². The highest BCUT2D eigenvalue weighted by Gasteiger charge is 2.15. The Bertz CT molecular complexity index is 743. The lowest BCUT2D eigenvalue weighted by Crippen LogP contribution is -2.24. The zero-order chi connectivity index (χ0) is 17.7. The molecule has 0 bridgehead atoms. The van der Waals surface area contributed by atoms with Crippen LogP contribution in [0.1, 0.15) is 22.8 Å². The van der Waals surface area contributed by atoms with Gasteiger partial charge in [0, 0.05) is 16.3 Å². The molecule has 0 aromatic heterocycles. The summed E-state index contributed by atoms with van der Waals surface area (Å²) in [4.78, 5) is 23.6. The van der Waals surface area contributed by atoms with E-state index < -0.39 is 12.1 Å². The van der Waals surface area contributed by atoms with Crippen molar-refractivity contribution in [2.45, 2.75) is 20.0 Å². The second-order valence-electron chi connectivity index (χ2n) is 5.17. The van der Waals surface area contributed by atoms with Crippen LogP contribution < -0.4 is 10.1 Å². The number of halogens is 1. The molecule has 0 radical (unpaired) electrons. The molecule has 0 saturated heterocycles. The highest BCUT2D eigenvalue weighted by atomic mass is 35.5. The van der Waals surface area contributed by atoms with Crippen molar-refractivity contribution < 1.29 is 19.1 Å². The summed E-state index contributed by atoms with van der Waals surface area (Å²) in [6, 6.07) is 11.8. The van der Waals surface area contributed by atoms with Crippen molar-refractivity contribution in [2.24, 2.45) is 0 Å². The molecule has 2 rings (SSSR count). The highest BCUT2D eigenvalue weighted by molar-refractivity contribution is 6.31. The number of benzene rings is 2. The zero-order valence-corrected chi connectivity index (χ0v) is 14.4. The third kappa shape index (κ3) is 4.26. The SMILES string of the molecule is COC(=O)C(C)Oc1ccc(C(=O)Nc2cccc(Cl)c2C)cc1. The first kappa shape index (κ1) is 17.8. The number of ether oxygens (including phenoxy) is 2. The molecule has 24 heavy (non-hydrogen) atoms. The van der Waals surface area contributed by atoms with Gasteiger partial charge < -0.3 is 14.8 Å². The summed E-state index contributed by atoms with van der Waals surface area (Å²) in [6.07, 6.45) is -0.719.